The van der Waals surface area contributed by atoms with Gasteiger partial charge in [-0.1, -0.05) is 72.8 Å². The molecule has 0 bridgehead atoms. The molecule has 2 aromatic carbocycles. The number of carbonyl (C=O) groups excluding carboxylic acids is 2. The van der Waals surface area contributed by atoms with Crippen molar-refractivity contribution in [1.82, 2.24) is 4.90 Å². The van der Waals surface area contributed by atoms with Crippen LogP contribution in [-0.2, 0) is 20.8 Å². The largest absolute Gasteiger partial charge is 0.467 e. The van der Waals surface area contributed by atoms with Crippen molar-refractivity contribution in [3.8, 4) is 0 Å². The fourth-order valence-electron chi connectivity index (χ4n) is 3.00. The molecule has 1 fully saturated rings. The van der Waals surface area contributed by atoms with Crippen LogP contribution in [0.1, 0.15) is 17.5 Å². The number of esters is 1. The van der Waals surface area contributed by atoms with E-state index >= 15 is 0 Å². The summed E-state index contributed by atoms with van der Waals surface area (Å²) in [6, 6.07) is 18.6. The lowest BCUT2D eigenvalue weighted by Gasteiger charge is -2.22. The Labute approximate surface area is 152 Å². The molecule has 2 aromatic rings. The second kappa shape index (κ2) is 8.34. The van der Waals surface area contributed by atoms with Gasteiger partial charge in [0.1, 0.15) is 6.10 Å². The number of hydrogen-bond acceptors (Lipinski definition) is 4. The van der Waals surface area contributed by atoms with E-state index in [0.29, 0.717) is 13.0 Å². The fraction of sp³-hybridized carbons (Fsp3) is 0.238. The van der Waals surface area contributed by atoms with Crippen molar-refractivity contribution in [2.45, 2.75) is 25.1 Å². The predicted molar refractivity (Wildman–Crippen MR) is 98.2 cm³/mol. The standard InChI is InChI=1S/C21H21NO4/c1-25-20(23)19-18(14-8-13-16-9-4-2-5-10-16)26-21(24)22(19)15-17-11-6-3-7-12-17/h2-13,18-19H,14-15H2,1H3/b13-8+/t18-,19+/m0/s1. The van der Waals surface area contributed by atoms with Crippen LogP contribution in [-0.4, -0.2) is 36.2 Å². The van der Waals surface area contributed by atoms with E-state index in [1.54, 1.807) is 0 Å². The van der Waals surface area contributed by atoms with Crippen molar-refractivity contribution < 1.29 is 19.1 Å². The van der Waals surface area contributed by atoms with Crippen molar-refractivity contribution in [2.75, 3.05) is 7.11 Å². The van der Waals surface area contributed by atoms with Gasteiger partial charge in [0.05, 0.1) is 13.7 Å². The van der Waals surface area contributed by atoms with E-state index in [2.05, 4.69) is 0 Å². The summed E-state index contributed by atoms with van der Waals surface area (Å²) in [5, 5.41) is 0. The van der Waals surface area contributed by atoms with E-state index in [1.165, 1.54) is 12.0 Å². The van der Waals surface area contributed by atoms with Crippen molar-refractivity contribution in [3.63, 3.8) is 0 Å². The Morgan fingerprint density at radius 3 is 2.42 bits per heavy atom. The maximum Gasteiger partial charge on any atom is 0.411 e. The third kappa shape index (κ3) is 4.11. The smallest absolute Gasteiger partial charge is 0.411 e. The summed E-state index contributed by atoms with van der Waals surface area (Å²) in [6.45, 7) is 0.304. The normalized spacial score (nSPS) is 19.6. The Kier molecular flexibility index (Phi) is 5.69. The third-order valence-corrected chi connectivity index (χ3v) is 4.29. The van der Waals surface area contributed by atoms with Gasteiger partial charge in [-0.3, -0.25) is 4.90 Å². The summed E-state index contributed by atoms with van der Waals surface area (Å²) in [5.41, 5.74) is 1.98. The zero-order chi connectivity index (χ0) is 18.4. The number of hydrogen-bond donors (Lipinski definition) is 0. The topological polar surface area (TPSA) is 55.8 Å². The third-order valence-electron chi connectivity index (χ3n) is 4.29. The number of amides is 1. The highest BCUT2D eigenvalue weighted by Gasteiger charge is 2.46. The molecule has 2 atom stereocenters. The fourth-order valence-corrected chi connectivity index (χ4v) is 3.00. The molecule has 1 amide bonds. The molecule has 0 aliphatic carbocycles. The predicted octanol–water partition coefficient (Wildman–Crippen LogP) is 3.65. The van der Waals surface area contributed by atoms with Gasteiger partial charge in [-0.15, -0.1) is 0 Å². The summed E-state index contributed by atoms with van der Waals surface area (Å²) in [4.78, 5) is 26.0. The molecule has 0 spiro atoms. The maximum atomic E-state index is 12.3. The monoisotopic (exact) mass is 351 g/mol. The highest BCUT2D eigenvalue weighted by molar-refractivity contribution is 5.85. The molecule has 1 saturated heterocycles. The molecule has 1 aliphatic rings. The van der Waals surface area contributed by atoms with Gasteiger partial charge in [0, 0.05) is 6.42 Å². The van der Waals surface area contributed by atoms with Crippen LogP contribution in [0.2, 0.25) is 0 Å². The van der Waals surface area contributed by atoms with Crippen molar-refractivity contribution in [1.29, 1.82) is 0 Å². The molecule has 3 rings (SSSR count). The number of benzene rings is 2. The van der Waals surface area contributed by atoms with Gasteiger partial charge in [-0.05, 0) is 11.1 Å². The molecule has 1 aliphatic heterocycles. The zero-order valence-corrected chi connectivity index (χ0v) is 14.6. The molecule has 134 valence electrons. The van der Waals surface area contributed by atoms with Crippen LogP contribution in [0.15, 0.2) is 66.7 Å². The summed E-state index contributed by atoms with van der Waals surface area (Å²) in [5.74, 6) is -0.468. The first-order chi connectivity index (χ1) is 12.7. The van der Waals surface area contributed by atoms with Crippen LogP contribution >= 0.6 is 0 Å². The maximum absolute atomic E-state index is 12.3. The average Bonchev–Trinajstić information content (AvgIpc) is 2.98. The van der Waals surface area contributed by atoms with Crippen LogP contribution < -0.4 is 0 Å². The average molecular weight is 351 g/mol. The quantitative estimate of drug-likeness (QED) is 0.746. The molecule has 0 unspecified atom stereocenters. The van der Waals surface area contributed by atoms with Crippen molar-refractivity contribution >= 4 is 18.1 Å². The first-order valence-corrected chi connectivity index (χ1v) is 8.49. The van der Waals surface area contributed by atoms with Gasteiger partial charge in [-0.25, -0.2) is 9.59 Å². The minimum absolute atomic E-state index is 0.304. The Morgan fingerprint density at radius 1 is 1.12 bits per heavy atom. The molecule has 1 heterocycles. The van der Waals surface area contributed by atoms with E-state index < -0.39 is 24.2 Å². The van der Waals surface area contributed by atoms with Crippen LogP contribution in [0.3, 0.4) is 0 Å². The first kappa shape index (κ1) is 17.7. The van der Waals surface area contributed by atoms with Crippen LogP contribution in [0.25, 0.3) is 6.08 Å². The first-order valence-electron chi connectivity index (χ1n) is 8.49. The molecule has 26 heavy (non-hydrogen) atoms. The number of cyclic esters (lactones) is 1. The number of nitrogens with zero attached hydrogens (tertiary/aromatic N) is 1. The van der Waals surface area contributed by atoms with Gasteiger partial charge in [0.15, 0.2) is 6.04 Å². The van der Waals surface area contributed by atoms with Gasteiger partial charge in [0.2, 0.25) is 0 Å². The van der Waals surface area contributed by atoms with E-state index in [-0.39, 0.29) is 0 Å². The van der Waals surface area contributed by atoms with Crippen molar-refractivity contribution in [3.05, 3.63) is 77.9 Å². The molecular weight excluding hydrogens is 330 g/mol. The van der Waals surface area contributed by atoms with Gasteiger partial charge in [-0.2, -0.15) is 0 Å². The van der Waals surface area contributed by atoms with E-state index in [4.69, 9.17) is 9.47 Å². The number of methoxy groups -OCH3 is 1. The zero-order valence-electron chi connectivity index (χ0n) is 14.6. The highest BCUT2D eigenvalue weighted by atomic mass is 16.6. The Hall–Kier alpha value is -3.08. The number of rotatable bonds is 6. The van der Waals surface area contributed by atoms with Crippen molar-refractivity contribution in [2.24, 2.45) is 0 Å². The molecule has 0 saturated carbocycles. The molecule has 0 aromatic heterocycles. The van der Waals surface area contributed by atoms with Crippen LogP contribution in [0, 0.1) is 0 Å². The number of ether oxygens (including phenoxy) is 2. The van der Waals surface area contributed by atoms with E-state index in [9.17, 15) is 9.59 Å². The van der Waals surface area contributed by atoms with Gasteiger partial charge in [0.25, 0.3) is 0 Å². The second-order valence-corrected chi connectivity index (χ2v) is 6.05. The highest BCUT2D eigenvalue weighted by Crippen LogP contribution is 2.26. The molecule has 5 nitrogen and oxygen atoms in total. The second-order valence-electron chi connectivity index (χ2n) is 6.05. The Balaban J connectivity index is 1.73. The summed E-state index contributed by atoms with van der Waals surface area (Å²) < 4.78 is 10.4. The summed E-state index contributed by atoms with van der Waals surface area (Å²) >= 11 is 0. The Morgan fingerprint density at radius 2 is 1.77 bits per heavy atom. The van der Waals surface area contributed by atoms with Crippen LogP contribution in [0.4, 0.5) is 4.79 Å². The molecule has 0 radical (unpaired) electrons. The lowest BCUT2D eigenvalue weighted by Crippen LogP contribution is -2.43. The molecule has 5 heteroatoms. The SMILES string of the molecule is COC(=O)[C@H]1[C@H](C/C=C/c2ccccc2)OC(=O)N1Cc1ccccc1. The summed E-state index contributed by atoms with van der Waals surface area (Å²) in [6.07, 6.45) is 3.23. The molecule has 0 N–H and O–H groups in total. The number of carbonyl (C=O) groups is 2. The van der Waals surface area contributed by atoms with Crippen LogP contribution in [0.5, 0.6) is 0 Å². The van der Waals surface area contributed by atoms with E-state index in [1.807, 2.05) is 72.8 Å². The lowest BCUT2D eigenvalue weighted by atomic mass is 10.1. The molecular formula is C21H21NO4. The van der Waals surface area contributed by atoms with E-state index in [0.717, 1.165) is 11.1 Å². The minimum Gasteiger partial charge on any atom is -0.467 e. The Bertz CT molecular complexity index is 773. The summed E-state index contributed by atoms with van der Waals surface area (Å²) in [7, 11) is 1.32. The lowest BCUT2D eigenvalue weighted by molar-refractivity contribution is -0.146. The minimum atomic E-state index is -0.756. The van der Waals surface area contributed by atoms with Gasteiger partial charge < -0.3 is 9.47 Å². The van der Waals surface area contributed by atoms with Gasteiger partial charge >= 0.3 is 12.1 Å².